The molecule has 1 amide bonds. The van der Waals surface area contributed by atoms with E-state index in [2.05, 4.69) is 4.98 Å². The number of hydrogen-bond donors (Lipinski definition) is 0. The number of carbonyl (C=O) groups is 1. The summed E-state index contributed by atoms with van der Waals surface area (Å²) in [7, 11) is 1.72. The monoisotopic (exact) mass is 283 g/mol. The van der Waals surface area contributed by atoms with Crippen LogP contribution < -0.4 is 0 Å². The van der Waals surface area contributed by atoms with Gasteiger partial charge in [-0.25, -0.2) is 9.37 Å². The smallest absolute Gasteiger partial charge is 0.274 e. The summed E-state index contributed by atoms with van der Waals surface area (Å²) in [4.78, 5) is 18.2. The van der Waals surface area contributed by atoms with Gasteiger partial charge in [-0.2, -0.15) is 0 Å². The molecule has 0 fully saturated rings. The molecule has 0 saturated heterocycles. The van der Waals surface area contributed by atoms with Crippen molar-refractivity contribution in [1.82, 2.24) is 14.3 Å². The normalized spacial score (nSPS) is 10.8. The van der Waals surface area contributed by atoms with E-state index in [9.17, 15) is 9.18 Å². The van der Waals surface area contributed by atoms with Gasteiger partial charge in [0.2, 0.25) is 0 Å². The lowest BCUT2D eigenvalue weighted by molar-refractivity contribution is 0.0780. The second-order valence-corrected chi connectivity index (χ2v) is 4.89. The summed E-state index contributed by atoms with van der Waals surface area (Å²) in [5.74, 6) is -0.556. The van der Waals surface area contributed by atoms with E-state index < -0.39 is 0 Å². The van der Waals surface area contributed by atoms with E-state index in [0.717, 1.165) is 5.56 Å². The van der Waals surface area contributed by atoms with E-state index in [-0.39, 0.29) is 11.7 Å². The summed E-state index contributed by atoms with van der Waals surface area (Å²) in [6.07, 6.45) is 2.85. The van der Waals surface area contributed by atoms with Crippen molar-refractivity contribution in [2.75, 3.05) is 7.05 Å². The Labute approximate surface area is 121 Å². The van der Waals surface area contributed by atoms with Crippen LogP contribution in [0.3, 0.4) is 0 Å². The molecule has 0 bridgehead atoms. The van der Waals surface area contributed by atoms with Crippen LogP contribution in [0.1, 0.15) is 16.1 Å². The van der Waals surface area contributed by atoms with Crippen molar-refractivity contribution in [2.24, 2.45) is 0 Å². The first kappa shape index (κ1) is 13.3. The molecule has 0 saturated carbocycles. The van der Waals surface area contributed by atoms with Crippen LogP contribution in [-0.4, -0.2) is 27.2 Å². The maximum atomic E-state index is 13.1. The van der Waals surface area contributed by atoms with Crippen LogP contribution in [0, 0.1) is 5.82 Å². The Hall–Kier alpha value is -2.69. The second kappa shape index (κ2) is 5.36. The molecular weight excluding hydrogens is 269 g/mol. The molecule has 2 aromatic heterocycles. The third-order valence-electron chi connectivity index (χ3n) is 3.24. The van der Waals surface area contributed by atoms with Crippen molar-refractivity contribution in [3.8, 4) is 0 Å². The van der Waals surface area contributed by atoms with Crippen molar-refractivity contribution in [3.63, 3.8) is 0 Å². The van der Waals surface area contributed by atoms with Gasteiger partial charge in [0.05, 0.1) is 0 Å². The topological polar surface area (TPSA) is 37.6 Å². The summed E-state index contributed by atoms with van der Waals surface area (Å²) in [6, 6.07) is 12.6. The van der Waals surface area contributed by atoms with Crippen molar-refractivity contribution in [2.45, 2.75) is 6.54 Å². The third-order valence-corrected chi connectivity index (χ3v) is 3.24. The van der Waals surface area contributed by atoms with Crippen LogP contribution in [0.4, 0.5) is 4.39 Å². The molecule has 0 atom stereocenters. The predicted molar refractivity (Wildman–Crippen MR) is 77.4 cm³/mol. The maximum absolute atomic E-state index is 13.1. The minimum Gasteiger partial charge on any atom is -0.336 e. The molecule has 0 aliphatic heterocycles. The lowest BCUT2D eigenvalue weighted by atomic mass is 10.2. The molecule has 3 aromatic rings. The lowest BCUT2D eigenvalue weighted by Crippen LogP contribution is -2.26. The molecule has 106 valence electrons. The number of imidazole rings is 1. The largest absolute Gasteiger partial charge is 0.336 e. The van der Waals surface area contributed by atoms with Crippen molar-refractivity contribution in [3.05, 3.63) is 71.9 Å². The number of pyridine rings is 1. The fraction of sp³-hybridized carbons (Fsp3) is 0.125. The van der Waals surface area contributed by atoms with Gasteiger partial charge in [-0.1, -0.05) is 30.3 Å². The van der Waals surface area contributed by atoms with Gasteiger partial charge >= 0.3 is 0 Å². The highest BCUT2D eigenvalue weighted by Crippen LogP contribution is 2.10. The molecule has 5 heteroatoms. The molecule has 0 spiro atoms. The zero-order valence-corrected chi connectivity index (χ0v) is 11.5. The van der Waals surface area contributed by atoms with Crippen molar-refractivity contribution < 1.29 is 9.18 Å². The Bertz CT molecular complexity index is 783. The molecule has 0 aliphatic rings. The summed E-state index contributed by atoms with van der Waals surface area (Å²) in [5, 5.41) is 0. The third kappa shape index (κ3) is 2.76. The molecule has 4 nitrogen and oxygen atoms in total. The van der Waals surface area contributed by atoms with Gasteiger partial charge in [0.25, 0.3) is 5.91 Å². The Morgan fingerprint density at radius 3 is 2.71 bits per heavy atom. The predicted octanol–water partition coefficient (Wildman–Crippen LogP) is 2.75. The van der Waals surface area contributed by atoms with Crippen LogP contribution in [-0.2, 0) is 6.54 Å². The van der Waals surface area contributed by atoms with Gasteiger partial charge in [0.1, 0.15) is 17.2 Å². The number of amides is 1. The van der Waals surface area contributed by atoms with Gasteiger partial charge in [0.15, 0.2) is 0 Å². The van der Waals surface area contributed by atoms with Crippen LogP contribution in [0.25, 0.3) is 5.65 Å². The molecular formula is C16H14FN3O. The van der Waals surface area contributed by atoms with Gasteiger partial charge in [-0.15, -0.1) is 0 Å². The zero-order chi connectivity index (χ0) is 14.8. The van der Waals surface area contributed by atoms with Gasteiger partial charge in [-0.05, 0) is 17.7 Å². The molecule has 0 radical (unpaired) electrons. The van der Waals surface area contributed by atoms with E-state index in [1.165, 1.54) is 16.7 Å². The summed E-state index contributed by atoms with van der Waals surface area (Å²) < 4.78 is 14.7. The zero-order valence-electron chi connectivity index (χ0n) is 11.5. The Kier molecular flexibility index (Phi) is 3.39. The fourth-order valence-corrected chi connectivity index (χ4v) is 2.19. The van der Waals surface area contributed by atoms with E-state index in [0.29, 0.717) is 17.9 Å². The lowest BCUT2D eigenvalue weighted by Gasteiger charge is -2.15. The highest BCUT2D eigenvalue weighted by Gasteiger charge is 2.15. The number of nitrogens with zero attached hydrogens (tertiary/aromatic N) is 3. The van der Waals surface area contributed by atoms with E-state index in [1.54, 1.807) is 24.2 Å². The minimum atomic E-state index is -0.364. The number of hydrogen-bond acceptors (Lipinski definition) is 2. The number of benzene rings is 1. The molecule has 1 aromatic carbocycles. The molecule has 0 aliphatic carbocycles. The van der Waals surface area contributed by atoms with Crippen molar-refractivity contribution in [1.29, 1.82) is 0 Å². The van der Waals surface area contributed by atoms with Gasteiger partial charge in [0, 0.05) is 26.0 Å². The summed E-state index contributed by atoms with van der Waals surface area (Å²) in [6.45, 7) is 0.502. The quantitative estimate of drug-likeness (QED) is 0.741. The van der Waals surface area contributed by atoms with Gasteiger partial charge < -0.3 is 9.30 Å². The molecule has 3 rings (SSSR count). The van der Waals surface area contributed by atoms with Crippen LogP contribution in [0.2, 0.25) is 0 Å². The Morgan fingerprint density at radius 1 is 1.19 bits per heavy atom. The number of aromatic nitrogens is 2. The first-order valence-electron chi connectivity index (χ1n) is 6.57. The van der Waals surface area contributed by atoms with E-state index in [1.807, 2.05) is 30.3 Å². The minimum absolute atomic E-state index is 0.192. The van der Waals surface area contributed by atoms with E-state index >= 15 is 0 Å². The van der Waals surface area contributed by atoms with Gasteiger partial charge in [-0.3, -0.25) is 4.79 Å². The van der Waals surface area contributed by atoms with Crippen LogP contribution in [0.15, 0.2) is 54.9 Å². The second-order valence-electron chi connectivity index (χ2n) is 4.89. The maximum Gasteiger partial charge on any atom is 0.274 e. The first-order chi connectivity index (χ1) is 10.1. The standard InChI is InChI=1S/C16H14FN3O/c1-19(9-12-5-3-2-4-6-12)16(21)14-11-20-10-13(17)7-8-15(20)18-14/h2-8,10-11H,9H2,1H3. The van der Waals surface area contributed by atoms with Crippen molar-refractivity contribution >= 4 is 11.6 Å². The fourth-order valence-electron chi connectivity index (χ4n) is 2.19. The highest BCUT2D eigenvalue weighted by atomic mass is 19.1. The number of fused-ring (bicyclic) bond motifs is 1. The average molecular weight is 283 g/mol. The number of rotatable bonds is 3. The van der Waals surface area contributed by atoms with E-state index in [4.69, 9.17) is 0 Å². The average Bonchev–Trinajstić information content (AvgIpc) is 2.90. The summed E-state index contributed by atoms with van der Waals surface area (Å²) in [5.41, 5.74) is 1.90. The van der Waals surface area contributed by atoms with Crippen LogP contribution >= 0.6 is 0 Å². The molecule has 21 heavy (non-hydrogen) atoms. The number of carbonyl (C=O) groups excluding carboxylic acids is 1. The Morgan fingerprint density at radius 2 is 1.95 bits per heavy atom. The molecule has 0 unspecified atom stereocenters. The molecule has 2 heterocycles. The SMILES string of the molecule is CN(Cc1ccccc1)C(=O)c1cn2cc(F)ccc2n1. The Balaban J connectivity index is 1.82. The highest BCUT2D eigenvalue weighted by molar-refractivity contribution is 5.92. The molecule has 0 N–H and O–H groups in total. The summed E-state index contributed by atoms with van der Waals surface area (Å²) >= 11 is 0. The number of halogens is 1. The first-order valence-corrected chi connectivity index (χ1v) is 6.57. The van der Waals surface area contributed by atoms with Crippen LogP contribution in [0.5, 0.6) is 0 Å².